The lowest BCUT2D eigenvalue weighted by molar-refractivity contribution is -0.0423. The fourth-order valence-corrected chi connectivity index (χ4v) is 5.83. The summed E-state index contributed by atoms with van der Waals surface area (Å²) in [5.41, 5.74) is 6.13. The SMILES string of the molecule is Nc1nc(Cl)nc2c1ncn2[C@H]1CC(O)[C@@H](COP(=O)(O)OP(=O)(O)OP(=O)(O)O)O1. The second-order valence-electron chi connectivity index (χ2n) is 6.02. The molecule has 1 aliphatic rings. The van der Waals surface area contributed by atoms with Crippen molar-refractivity contribution in [1.29, 1.82) is 0 Å². The molecular weight excluding hydrogens is 511 g/mol. The summed E-state index contributed by atoms with van der Waals surface area (Å²) in [5, 5.41) is 10.00. The number of nitrogens with two attached hydrogens (primary N) is 1. The second kappa shape index (κ2) is 8.72. The molecule has 7 N–H and O–H groups in total. The lowest BCUT2D eigenvalue weighted by Crippen LogP contribution is -2.26. The van der Waals surface area contributed by atoms with E-state index in [2.05, 4.69) is 28.1 Å². The van der Waals surface area contributed by atoms with Gasteiger partial charge in [0.1, 0.15) is 17.8 Å². The molecule has 174 valence electrons. The number of phosphoric acid groups is 3. The standard InChI is InChI=1S/C10H15ClN5O12P3/c11-10-14-8(12)7-9(15-10)16(3-13-7)6-1-4(17)5(26-6)2-25-30(21,22)28-31(23,24)27-29(18,19)20/h3-6,17H,1-2H2,(H,21,22)(H,23,24)(H2,12,14,15)(H2,18,19,20)/t4?,5-,6-/m1/s1. The van der Waals surface area contributed by atoms with Gasteiger partial charge < -0.3 is 35.2 Å². The van der Waals surface area contributed by atoms with Gasteiger partial charge in [0.05, 0.1) is 19.0 Å². The second-order valence-corrected chi connectivity index (χ2v) is 10.8. The maximum atomic E-state index is 11.8. The maximum absolute atomic E-state index is 11.8. The van der Waals surface area contributed by atoms with E-state index in [0.717, 1.165) is 0 Å². The van der Waals surface area contributed by atoms with Gasteiger partial charge in [0.2, 0.25) is 5.28 Å². The lowest BCUT2D eigenvalue weighted by Gasteiger charge is -2.19. The average molecular weight is 526 g/mol. The summed E-state index contributed by atoms with van der Waals surface area (Å²) in [4.78, 5) is 47.4. The smallest absolute Gasteiger partial charge is 0.390 e. The van der Waals surface area contributed by atoms with Gasteiger partial charge in [-0.15, -0.1) is 0 Å². The van der Waals surface area contributed by atoms with Crippen molar-refractivity contribution in [2.75, 3.05) is 12.3 Å². The first-order chi connectivity index (χ1) is 14.2. The van der Waals surface area contributed by atoms with Crippen molar-refractivity contribution in [3.8, 4) is 0 Å². The zero-order chi connectivity index (χ0) is 23.2. The Morgan fingerprint density at radius 2 is 1.87 bits per heavy atom. The Hall–Kier alpha value is -1.03. The van der Waals surface area contributed by atoms with E-state index in [1.165, 1.54) is 10.9 Å². The van der Waals surface area contributed by atoms with Crippen molar-refractivity contribution < 1.29 is 56.3 Å². The van der Waals surface area contributed by atoms with Crippen molar-refractivity contribution in [3.63, 3.8) is 0 Å². The highest BCUT2D eigenvalue weighted by atomic mass is 35.5. The zero-order valence-electron chi connectivity index (χ0n) is 14.9. The van der Waals surface area contributed by atoms with Crippen LogP contribution >= 0.6 is 35.1 Å². The van der Waals surface area contributed by atoms with Gasteiger partial charge in [-0.25, -0.2) is 18.7 Å². The maximum Gasteiger partial charge on any atom is 0.490 e. The number of anilines is 1. The summed E-state index contributed by atoms with van der Waals surface area (Å²) in [6, 6.07) is 0. The van der Waals surface area contributed by atoms with E-state index in [-0.39, 0.29) is 28.7 Å². The molecule has 0 aromatic carbocycles. The Morgan fingerprint density at radius 1 is 1.19 bits per heavy atom. The Kier molecular flexibility index (Phi) is 6.93. The minimum Gasteiger partial charge on any atom is -0.390 e. The number of hydrogen-bond donors (Lipinski definition) is 6. The number of aliphatic hydroxyl groups is 1. The van der Waals surface area contributed by atoms with Gasteiger partial charge >= 0.3 is 23.5 Å². The van der Waals surface area contributed by atoms with Crippen LogP contribution in [0.2, 0.25) is 5.28 Å². The van der Waals surface area contributed by atoms with Crippen molar-refractivity contribution >= 4 is 52.1 Å². The number of ether oxygens (including phenoxy) is 1. The largest absolute Gasteiger partial charge is 0.490 e. The molecule has 5 atom stereocenters. The van der Waals surface area contributed by atoms with E-state index in [1.54, 1.807) is 0 Å². The molecule has 0 bridgehead atoms. The van der Waals surface area contributed by atoms with Crippen LogP contribution in [0.1, 0.15) is 12.6 Å². The van der Waals surface area contributed by atoms with Gasteiger partial charge in [-0.2, -0.15) is 18.6 Å². The van der Waals surface area contributed by atoms with E-state index in [0.29, 0.717) is 0 Å². The zero-order valence-corrected chi connectivity index (χ0v) is 18.3. The van der Waals surface area contributed by atoms with Crippen LogP contribution in [0.4, 0.5) is 5.82 Å². The molecule has 2 aromatic rings. The quantitative estimate of drug-likeness (QED) is 0.196. The predicted octanol–water partition coefficient (Wildman–Crippen LogP) is 0.0536. The molecule has 1 aliphatic heterocycles. The molecule has 21 heteroatoms. The predicted molar refractivity (Wildman–Crippen MR) is 99.1 cm³/mol. The Morgan fingerprint density at radius 3 is 2.52 bits per heavy atom. The fraction of sp³-hybridized carbons (Fsp3) is 0.500. The highest BCUT2D eigenvalue weighted by molar-refractivity contribution is 7.66. The lowest BCUT2D eigenvalue weighted by atomic mass is 10.2. The molecular formula is C10H15ClN5O12P3. The number of imidazole rings is 1. The number of rotatable bonds is 8. The molecule has 1 fully saturated rings. The molecule has 0 aliphatic carbocycles. The molecule has 3 rings (SSSR count). The van der Waals surface area contributed by atoms with Crippen LogP contribution in [-0.4, -0.2) is 63.0 Å². The minimum absolute atomic E-state index is 0.0107. The van der Waals surface area contributed by atoms with Gasteiger partial charge in [0.25, 0.3) is 0 Å². The number of fused-ring (bicyclic) bond motifs is 1. The molecule has 31 heavy (non-hydrogen) atoms. The Balaban J connectivity index is 1.66. The molecule has 0 amide bonds. The summed E-state index contributed by atoms with van der Waals surface area (Å²) in [6.07, 6.45) is -2.07. The van der Waals surface area contributed by atoms with Crippen LogP contribution in [0, 0.1) is 0 Å². The van der Waals surface area contributed by atoms with Gasteiger partial charge in [-0.3, -0.25) is 9.09 Å². The minimum atomic E-state index is -5.66. The molecule has 0 saturated carbocycles. The van der Waals surface area contributed by atoms with Gasteiger partial charge in [-0.1, -0.05) is 0 Å². The van der Waals surface area contributed by atoms with Crippen LogP contribution in [0.15, 0.2) is 6.33 Å². The topological polar surface area (TPSA) is 259 Å². The Labute approximate surface area is 177 Å². The van der Waals surface area contributed by atoms with E-state index in [9.17, 15) is 23.7 Å². The number of phosphoric ester groups is 1. The number of aliphatic hydroxyl groups excluding tert-OH is 1. The van der Waals surface area contributed by atoms with Crippen LogP contribution in [0.3, 0.4) is 0 Å². The number of aromatic nitrogens is 4. The van der Waals surface area contributed by atoms with Crippen molar-refractivity contribution in [2.24, 2.45) is 0 Å². The number of hydrogen-bond acceptors (Lipinski definition) is 12. The summed E-state index contributed by atoms with van der Waals surface area (Å²) >= 11 is 5.78. The molecule has 3 heterocycles. The molecule has 17 nitrogen and oxygen atoms in total. The molecule has 2 aromatic heterocycles. The van der Waals surface area contributed by atoms with E-state index >= 15 is 0 Å². The first-order valence-electron chi connectivity index (χ1n) is 7.93. The number of halogens is 1. The fourth-order valence-electron chi connectivity index (χ4n) is 2.63. The van der Waals surface area contributed by atoms with E-state index < -0.39 is 48.5 Å². The van der Waals surface area contributed by atoms with Gasteiger partial charge in [0.15, 0.2) is 11.5 Å². The first-order valence-corrected chi connectivity index (χ1v) is 12.8. The van der Waals surface area contributed by atoms with E-state index in [1.807, 2.05) is 0 Å². The highest BCUT2D eigenvalue weighted by Crippen LogP contribution is 2.66. The third kappa shape index (κ3) is 6.27. The number of nitrogens with zero attached hydrogens (tertiary/aromatic N) is 4. The third-order valence-electron chi connectivity index (χ3n) is 3.75. The van der Waals surface area contributed by atoms with Crippen LogP contribution in [0.25, 0.3) is 11.2 Å². The molecule has 0 spiro atoms. The molecule has 0 radical (unpaired) electrons. The first kappa shape index (κ1) is 24.6. The average Bonchev–Trinajstić information content (AvgIpc) is 3.13. The van der Waals surface area contributed by atoms with Crippen molar-refractivity contribution in [2.45, 2.75) is 24.9 Å². The molecule has 3 unspecified atom stereocenters. The monoisotopic (exact) mass is 525 g/mol. The van der Waals surface area contributed by atoms with Crippen LogP contribution in [0.5, 0.6) is 0 Å². The van der Waals surface area contributed by atoms with Crippen molar-refractivity contribution in [1.82, 2.24) is 19.5 Å². The summed E-state index contributed by atoms with van der Waals surface area (Å²) in [7, 11) is -16.5. The summed E-state index contributed by atoms with van der Waals surface area (Å²) < 4.78 is 52.3. The number of nitrogen functional groups attached to an aromatic ring is 1. The summed E-state index contributed by atoms with van der Waals surface area (Å²) in [5.74, 6) is 0.0107. The van der Waals surface area contributed by atoms with Crippen LogP contribution in [-0.2, 0) is 31.6 Å². The van der Waals surface area contributed by atoms with Gasteiger partial charge in [0, 0.05) is 6.42 Å². The van der Waals surface area contributed by atoms with E-state index in [4.69, 9.17) is 36.8 Å². The molecule has 1 saturated heterocycles. The van der Waals surface area contributed by atoms with Crippen LogP contribution < -0.4 is 5.73 Å². The Bertz CT molecular complexity index is 1120. The van der Waals surface area contributed by atoms with Gasteiger partial charge in [-0.05, 0) is 11.6 Å². The normalized spacial score (nSPS) is 26.1. The summed E-state index contributed by atoms with van der Waals surface area (Å²) in [6.45, 7) is -0.814. The highest BCUT2D eigenvalue weighted by Gasteiger charge is 2.43. The van der Waals surface area contributed by atoms with Crippen molar-refractivity contribution in [3.05, 3.63) is 11.6 Å². The third-order valence-corrected chi connectivity index (χ3v) is 7.73.